The highest BCUT2D eigenvalue weighted by Crippen LogP contribution is 2.35. The minimum Gasteiger partial charge on any atom is -0.495 e. The van der Waals surface area contributed by atoms with E-state index < -0.39 is 10.0 Å². The fraction of sp³-hybridized carbons (Fsp3) is 0.538. The molecule has 1 unspecified atom stereocenters. The molecule has 1 aromatic rings. The molecule has 0 radical (unpaired) electrons. The van der Waals surface area contributed by atoms with Crippen molar-refractivity contribution in [3.63, 3.8) is 0 Å². The van der Waals surface area contributed by atoms with Gasteiger partial charge in [-0.25, -0.2) is 8.42 Å². The maximum Gasteiger partial charge on any atom is 0.246 e. The van der Waals surface area contributed by atoms with Crippen LogP contribution in [0, 0.1) is 0 Å². The van der Waals surface area contributed by atoms with E-state index in [1.165, 1.54) is 17.5 Å². The van der Waals surface area contributed by atoms with Gasteiger partial charge in [0.15, 0.2) is 0 Å². The molecule has 1 aromatic carbocycles. The Labute approximate surface area is 134 Å². The van der Waals surface area contributed by atoms with Gasteiger partial charge in [-0.15, -0.1) is 11.6 Å². The molecule has 2 rings (SSSR count). The summed E-state index contributed by atoms with van der Waals surface area (Å²) in [4.78, 5) is 0.0438. The number of nitrogens with zero attached hydrogens (tertiary/aromatic N) is 1. The Hall–Kier alpha value is -0.530. The van der Waals surface area contributed by atoms with E-state index in [1.54, 1.807) is 6.07 Å². The van der Waals surface area contributed by atoms with Crippen LogP contribution in [0.4, 0.5) is 0 Å². The molecule has 118 valence electrons. The summed E-state index contributed by atoms with van der Waals surface area (Å²) in [5.74, 6) is 0.361. The molecule has 21 heavy (non-hydrogen) atoms. The summed E-state index contributed by atoms with van der Waals surface area (Å²) in [7, 11) is -2.29. The van der Waals surface area contributed by atoms with Gasteiger partial charge in [-0.1, -0.05) is 11.6 Å². The second kappa shape index (κ2) is 6.71. The van der Waals surface area contributed by atoms with Crippen LogP contribution in [0.2, 0.25) is 5.02 Å². The van der Waals surface area contributed by atoms with Crippen LogP contribution < -0.4 is 4.74 Å². The first-order valence-corrected chi connectivity index (χ1v) is 8.79. The highest BCUT2D eigenvalue weighted by molar-refractivity contribution is 7.89. The molecule has 5 nitrogen and oxygen atoms in total. The van der Waals surface area contributed by atoms with E-state index in [4.69, 9.17) is 32.7 Å². The first-order chi connectivity index (χ1) is 9.90. The molecular formula is C13H17Cl2NO4S. The zero-order valence-electron chi connectivity index (χ0n) is 11.8. The Morgan fingerprint density at radius 3 is 2.76 bits per heavy atom. The first-order valence-electron chi connectivity index (χ1n) is 6.44. The third-order valence-electron chi connectivity index (χ3n) is 3.27. The predicted molar refractivity (Wildman–Crippen MR) is 81.7 cm³/mol. The summed E-state index contributed by atoms with van der Waals surface area (Å²) >= 11 is 11.9. The fourth-order valence-corrected chi connectivity index (χ4v) is 4.52. The van der Waals surface area contributed by atoms with Gasteiger partial charge in [-0.2, -0.15) is 4.31 Å². The quantitative estimate of drug-likeness (QED) is 0.780. The van der Waals surface area contributed by atoms with E-state index in [9.17, 15) is 8.42 Å². The number of benzene rings is 1. The molecule has 1 aliphatic rings. The van der Waals surface area contributed by atoms with Gasteiger partial charge in [0, 0.05) is 23.7 Å². The lowest BCUT2D eigenvalue weighted by Gasteiger charge is -2.30. The molecule has 8 heteroatoms. The summed E-state index contributed by atoms with van der Waals surface area (Å²) in [6.07, 6.45) is -0.147. The summed E-state index contributed by atoms with van der Waals surface area (Å²) in [5, 5.41) is 0.311. The molecule has 1 aliphatic heterocycles. The van der Waals surface area contributed by atoms with Gasteiger partial charge in [-0.05, 0) is 19.1 Å². The lowest BCUT2D eigenvalue weighted by Crippen LogP contribution is -2.44. The van der Waals surface area contributed by atoms with Crippen LogP contribution in [0.25, 0.3) is 0 Å². The molecule has 0 saturated carbocycles. The van der Waals surface area contributed by atoms with E-state index in [1.807, 2.05) is 6.92 Å². The Bertz CT molecular complexity index is 621. The lowest BCUT2D eigenvalue weighted by molar-refractivity contribution is 0.0101. The third kappa shape index (κ3) is 3.46. The molecular weight excluding hydrogens is 337 g/mol. The lowest BCUT2D eigenvalue weighted by atomic mass is 10.2. The van der Waals surface area contributed by atoms with Crippen LogP contribution in [0.5, 0.6) is 5.75 Å². The third-order valence-corrected chi connectivity index (χ3v) is 5.64. The highest BCUT2D eigenvalue weighted by atomic mass is 35.5. The Morgan fingerprint density at radius 1 is 1.48 bits per heavy atom. The number of ether oxygens (including phenoxy) is 2. The normalized spacial score (nSPS) is 20.5. The number of hydrogen-bond acceptors (Lipinski definition) is 4. The SMILES string of the molecule is COc1c(CCl)cc(Cl)cc1S(=O)(=O)N1CCOC(C)C1. The zero-order chi connectivity index (χ0) is 15.6. The summed E-state index contributed by atoms with van der Waals surface area (Å²) in [6, 6.07) is 3.00. The molecule has 1 heterocycles. The van der Waals surface area contributed by atoms with Crippen molar-refractivity contribution < 1.29 is 17.9 Å². The van der Waals surface area contributed by atoms with Crippen LogP contribution in [0.15, 0.2) is 17.0 Å². The Balaban J connectivity index is 2.51. The highest BCUT2D eigenvalue weighted by Gasteiger charge is 2.32. The van der Waals surface area contributed by atoms with E-state index in [-0.39, 0.29) is 22.6 Å². The number of alkyl halides is 1. The number of morpholine rings is 1. The van der Waals surface area contributed by atoms with Crippen molar-refractivity contribution in [2.45, 2.75) is 23.8 Å². The minimum atomic E-state index is -3.71. The number of halogens is 2. The van der Waals surface area contributed by atoms with E-state index in [0.29, 0.717) is 30.3 Å². The Kier molecular flexibility index (Phi) is 5.38. The molecule has 1 saturated heterocycles. The first kappa shape index (κ1) is 16.8. The van der Waals surface area contributed by atoms with Crippen molar-refractivity contribution in [2.24, 2.45) is 0 Å². The van der Waals surface area contributed by atoms with Crippen LogP contribution in [0.1, 0.15) is 12.5 Å². The van der Waals surface area contributed by atoms with Gasteiger partial charge >= 0.3 is 0 Å². The van der Waals surface area contributed by atoms with Crippen molar-refractivity contribution in [1.82, 2.24) is 4.31 Å². The van der Waals surface area contributed by atoms with Crippen LogP contribution in [-0.2, 0) is 20.6 Å². The van der Waals surface area contributed by atoms with Gasteiger partial charge in [0.25, 0.3) is 0 Å². The fourth-order valence-electron chi connectivity index (χ4n) is 2.29. The van der Waals surface area contributed by atoms with Gasteiger partial charge < -0.3 is 9.47 Å². The molecule has 0 amide bonds. The molecule has 0 aliphatic carbocycles. The van der Waals surface area contributed by atoms with Gasteiger partial charge in [0.1, 0.15) is 10.6 Å². The average molecular weight is 354 g/mol. The number of rotatable bonds is 4. The molecule has 0 bridgehead atoms. The molecule has 1 fully saturated rings. The smallest absolute Gasteiger partial charge is 0.246 e. The van der Waals surface area contributed by atoms with Crippen molar-refractivity contribution in [3.05, 3.63) is 22.7 Å². The number of hydrogen-bond donors (Lipinski definition) is 0. The topological polar surface area (TPSA) is 55.8 Å². The van der Waals surface area contributed by atoms with E-state index in [2.05, 4.69) is 0 Å². The Morgan fingerprint density at radius 2 is 2.19 bits per heavy atom. The van der Waals surface area contributed by atoms with E-state index in [0.717, 1.165) is 0 Å². The van der Waals surface area contributed by atoms with Gasteiger partial charge in [0.2, 0.25) is 10.0 Å². The number of methoxy groups -OCH3 is 1. The predicted octanol–water partition coefficient (Wildman–Crippen LogP) is 2.50. The van der Waals surface area contributed by atoms with Gasteiger partial charge in [-0.3, -0.25) is 0 Å². The van der Waals surface area contributed by atoms with Crippen LogP contribution >= 0.6 is 23.2 Å². The standard InChI is InChI=1S/C13H17Cl2NO4S/c1-9-8-16(3-4-20-9)21(17,18)12-6-11(15)5-10(7-14)13(12)19-2/h5-6,9H,3-4,7-8H2,1-2H3. The van der Waals surface area contributed by atoms with Crippen molar-refractivity contribution in [2.75, 3.05) is 26.8 Å². The monoisotopic (exact) mass is 353 g/mol. The van der Waals surface area contributed by atoms with Crippen molar-refractivity contribution in [3.8, 4) is 5.75 Å². The van der Waals surface area contributed by atoms with Crippen LogP contribution in [0.3, 0.4) is 0 Å². The maximum absolute atomic E-state index is 12.8. The summed E-state index contributed by atoms with van der Waals surface area (Å²) in [5.41, 5.74) is 0.548. The summed E-state index contributed by atoms with van der Waals surface area (Å²) < 4.78 is 37.7. The minimum absolute atomic E-state index is 0.0438. The second-order valence-corrected chi connectivity index (χ2v) is 7.38. The average Bonchev–Trinajstić information content (AvgIpc) is 2.46. The number of sulfonamides is 1. The van der Waals surface area contributed by atoms with Gasteiger partial charge in [0.05, 0.1) is 25.7 Å². The van der Waals surface area contributed by atoms with E-state index >= 15 is 0 Å². The largest absolute Gasteiger partial charge is 0.495 e. The summed E-state index contributed by atoms with van der Waals surface area (Å²) in [6.45, 7) is 2.81. The molecule has 0 aromatic heterocycles. The van der Waals surface area contributed by atoms with Crippen LogP contribution in [-0.4, -0.2) is 45.6 Å². The molecule has 0 N–H and O–H groups in total. The molecule has 0 spiro atoms. The van der Waals surface area contributed by atoms with Crippen molar-refractivity contribution in [1.29, 1.82) is 0 Å². The maximum atomic E-state index is 12.8. The second-order valence-electron chi connectivity index (χ2n) is 4.77. The van der Waals surface area contributed by atoms with Crippen molar-refractivity contribution >= 4 is 33.2 Å². The molecule has 1 atom stereocenters. The zero-order valence-corrected chi connectivity index (χ0v) is 14.1.